The van der Waals surface area contributed by atoms with Gasteiger partial charge in [-0.05, 0) is 19.8 Å². The highest BCUT2D eigenvalue weighted by molar-refractivity contribution is 5.98. The van der Waals surface area contributed by atoms with Crippen LogP contribution in [0.5, 0.6) is 0 Å². The van der Waals surface area contributed by atoms with Gasteiger partial charge in [0.25, 0.3) is 5.91 Å². The molecule has 1 atom stereocenters. The second-order valence-corrected chi connectivity index (χ2v) is 4.52. The van der Waals surface area contributed by atoms with Crippen molar-refractivity contribution in [1.82, 2.24) is 15.1 Å². The molecule has 2 heterocycles. The van der Waals surface area contributed by atoms with E-state index < -0.39 is 5.60 Å². The van der Waals surface area contributed by atoms with E-state index in [1.807, 2.05) is 0 Å². The Bertz CT molecular complexity index is 399. The van der Waals surface area contributed by atoms with Crippen LogP contribution in [0.2, 0.25) is 0 Å². The number of H-pyrrole nitrogens is 1. The molecular formula is C10H16N4O2. The summed E-state index contributed by atoms with van der Waals surface area (Å²) in [5.74, 6) is 0.0986. The first-order valence-electron chi connectivity index (χ1n) is 5.30. The third-order valence-electron chi connectivity index (χ3n) is 2.86. The number of rotatable bonds is 1. The zero-order valence-electron chi connectivity index (χ0n) is 9.23. The number of nitrogens with two attached hydrogens (primary N) is 1. The van der Waals surface area contributed by atoms with Crippen molar-refractivity contribution in [3.05, 3.63) is 11.8 Å². The standard InChI is InChI=1S/C10H16N4O2/c1-10(16)3-2-4-14(6-10)9(15)7-5-12-13-8(7)11/h5,16H,2-4,6H2,1H3,(H3,11,12,13). The maximum absolute atomic E-state index is 12.0. The summed E-state index contributed by atoms with van der Waals surface area (Å²) in [7, 11) is 0. The number of likely N-dealkylation sites (tertiary alicyclic amines) is 1. The van der Waals surface area contributed by atoms with Gasteiger partial charge in [0.15, 0.2) is 0 Å². The quantitative estimate of drug-likeness (QED) is 0.624. The topological polar surface area (TPSA) is 95.2 Å². The Morgan fingerprint density at radius 3 is 3.06 bits per heavy atom. The molecule has 0 spiro atoms. The molecule has 1 saturated heterocycles. The van der Waals surface area contributed by atoms with Crippen LogP contribution >= 0.6 is 0 Å². The van der Waals surface area contributed by atoms with Crippen molar-refractivity contribution in [3.8, 4) is 0 Å². The van der Waals surface area contributed by atoms with E-state index in [0.29, 0.717) is 18.7 Å². The van der Waals surface area contributed by atoms with Gasteiger partial charge in [0.1, 0.15) is 11.4 Å². The third kappa shape index (κ3) is 2.01. The summed E-state index contributed by atoms with van der Waals surface area (Å²) in [6.45, 7) is 2.74. The van der Waals surface area contributed by atoms with Gasteiger partial charge in [-0.2, -0.15) is 5.10 Å². The minimum Gasteiger partial charge on any atom is -0.388 e. The van der Waals surface area contributed by atoms with Crippen LogP contribution in [0.15, 0.2) is 6.20 Å². The molecule has 0 radical (unpaired) electrons. The molecule has 1 aliphatic rings. The maximum Gasteiger partial charge on any atom is 0.259 e. The summed E-state index contributed by atoms with van der Waals surface area (Å²) in [5.41, 5.74) is 5.16. The number of carbonyl (C=O) groups is 1. The van der Waals surface area contributed by atoms with E-state index in [1.165, 1.54) is 6.20 Å². The normalized spacial score (nSPS) is 25.8. The van der Waals surface area contributed by atoms with E-state index in [4.69, 9.17) is 5.73 Å². The highest BCUT2D eigenvalue weighted by Crippen LogP contribution is 2.22. The number of amides is 1. The van der Waals surface area contributed by atoms with Crippen molar-refractivity contribution in [3.63, 3.8) is 0 Å². The Morgan fingerprint density at radius 1 is 1.75 bits per heavy atom. The lowest BCUT2D eigenvalue weighted by atomic mass is 9.95. The zero-order valence-corrected chi connectivity index (χ0v) is 9.23. The molecule has 1 aromatic heterocycles. The van der Waals surface area contributed by atoms with Crippen LogP contribution in [0.1, 0.15) is 30.1 Å². The number of aliphatic hydroxyl groups is 1. The minimum absolute atomic E-state index is 0.175. The summed E-state index contributed by atoms with van der Waals surface area (Å²) in [4.78, 5) is 13.7. The van der Waals surface area contributed by atoms with Crippen LogP contribution in [-0.4, -0.2) is 44.8 Å². The summed E-state index contributed by atoms with van der Waals surface area (Å²) in [6.07, 6.45) is 2.94. The monoisotopic (exact) mass is 224 g/mol. The number of piperidine rings is 1. The molecule has 1 aromatic rings. The molecule has 1 amide bonds. The average molecular weight is 224 g/mol. The lowest BCUT2D eigenvalue weighted by Gasteiger charge is -2.36. The second-order valence-electron chi connectivity index (χ2n) is 4.52. The number of β-amino-alcohol motifs (C(OH)–C–C–N with tert-alkyl or cyclic N) is 1. The highest BCUT2D eigenvalue weighted by Gasteiger charge is 2.32. The van der Waals surface area contributed by atoms with E-state index in [0.717, 1.165) is 12.8 Å². The Labute approximate surface area is 93.4 Å². The molecule has 16 heavy (non-hydrogen) atoms. The van der Waals surface area contributed by atoms with E-state index in [1.54, 1.807) is 11.8 Å². The number of anilines is 1. The van der Waals surface area contributed by atoms with Gasteiger partial charge in [0.2, 0.25) is 0 Å². The maximum atomic E-state index is 12.0. The summed E-state index contributed by atoms with van der Waals surface area (Å²) >= 11 is 0. The SMILES string of the molecule is CC1(O)CCCN(C(=O)c2cn[nH]c2N)C1. The fourth-order valence-corrected chi connectivity index (χ4v) is 2.03. The largest absolute Gasteiger partial charge is 0.388 e. The van der Waals surface area contributed by atoms with Crippen molar-refractivity contribution < 1.29 is 9.90 Å². The molecule has 0 bridgehead atoms. The van der Waals surface area contributed by atoms with Crippen LogP contribution in [0, 0.1) is 0 Å². The lowest BCUT2D eigenvalue weighted by molar-refractivity contribution is -0.0107. The first kappa shape index (κ1) is 10.9. The molecule has 6 nitrogen and oxygen atoms in total. The summed E-state index contributed by atoms with van der Waals surface area (Å²) in [6, 6.07) is 0. The van der Waals surface area contributed by atoms with E-state index >= 15 is 0 Å². The predicted molar refractivity (Wildman–Crippen MR) is 58.8 cm³/mol. The first-order chi connectivity index (χ1) is 7.49. The average Bonchev–Trinajstić information content (AvgIpc) is 2.62. The molecular weight excluding hydrogens is 208 g/mol. The third-order valence-corrected chi connectivity index (χ3v) is 2.86. The predicted octanol–water partition coefficient (Wildman–Crippen LogP) is -0.0211. The molecule has 6 heteroatoms. The molecule has 0 aliphatic carbocycles. The molecule has 1 aliphatic heterocycles. The first-order valence-corrected chi connectivity index (χ1v) is 5.30. The minimum atomic E-state index is -0.799. The number of nitrogen functional groups attached to an aromatic ring is 1. The van der Waals surface area contributed by atoms with Crippen molar-refractivity contribution in [2.75, 3.05) is 18.8 Å². The molecule has 1 unspecified atom stereocenters. The molecule has 4 N–H and O–H groups in total. The van der Waals surface area contributed by atoms with Crippen molar-refractivity contribution in [2.45, 2.75) is 25.4 Å². The van der Waals surface area contributed by atoms with Gasteiger partial charge in [0.05, 0.1) is 11.8 Å². The Hall–Kier alpha value is -1.56. The van der Waals surface area contributed by atoms with Crippen molar-refractivity contribution >= 4 is 11.7 Å². The molecule has 88 valence electrons. The van der Waals surface area contributed by atoms with Crippen LogP contribution < -0.4 is 5.73 Å². The Balaban J connectivity index is 2.14. The van der Waals surface area contributed by atoms with E-state index in [2.05, 4.69) is 10.2 Å². The van der Waals surface area contributed by atoms with Crippen LogP contribution in [0.4, 0.5) is 5.82 Å². The second kappa shape index (κ2) is 3.79. The molecule has 2 rings (SSSR count). The number of nitrogens with zero attached hydrogens (tertiary/aromatic N) is 2. The highest BCUT2D eigenvalue weighted by atomic mass is 16.3. The fourth-order valence-electron chi connectivity index (χ4n) is 2.03. The molecule has 0 aromatic carbocycles. The van der Waals surface area contributed by atoms with Gasteiger partial charge >= 0.3 is 0 Å². The Morgan fingerprint density at radius 2 is 2.50 bits per heavy atom. The number of hydrogen-bond acceptors (Lipinski definition) is 4. The molecule has 0 saturated carbocycles. The van der Waals surface area contributed by atoms with Gasteiger partial charge in [0, 0.05) is 13.1 Å². The van der Waals surface area contributed by atoms with Gasteiger partial charge in [-0.15, -0.1) is 0 Å². The smallest absolute Gasteiger partial charge is 0.259 e. The fraction of sp³-hybridized carbons (Fsp3) is 0.600. The number of hydrogen-bond donors (Lipinski definition) is 3. The summed E-state index contributed by atoms with van der Waals surface area (Å²) in [5, 5.41) is 16.2. The number of carbonyl (C=O) groups excluding carboxylic acids is 1. The lowest BCUT2D eigenvalue weighted by Crippen LogP contribution is -2.48. The van der Waals surface area contributed by atoms with Gasteiger partial charge in [-0.25, -0.2) is 0 Å². The number of nitrogens with one attached hydrogen (secondary N) is 1. The Kier molecular flexibility index (Phi) is 2.59. The number of aromatic nitrogens is 2. The van der Waals surface area contributed by atoms with Crippen molar-refractivity contribution in [2.24, 2.45) is 0 Å². The zero-order chi connectivity index (χ0) is 11.8. The van der Waals surface area contributed by atoms with Crippen LogP contribution in [-0.2, 0) is 0 Å². The van der Waals surface area contributed by atoms with E-state index in [-0.39, 0.29) is 11.7 Å². The van der Waals surface area contributed by atoms with Gasteiger partial charge in [-0.3, -0.25) is 9.89 Å². The van der Waals surface area contributed by atoms with Gasteiger partial charge < -0.3 is 15.7 Å². The van der Waals surface area contributed by atoms with Crippen LogP contribution in [0.3, 0.4) is 0 Å². The number of aromatic amines is 1. The molecule has 1 fully saturated rings. The summed E-state index contributed by atoms with van der Waals surface area (Å²) < 4.78 is 0. The van der Waals surface area contributed by atoms with Crippen LogP contribution in [0.25, 0.3) is 0 Å². The van der Waals surface area contributed by atoms with E-state index in [9.17, 15) is 9.90 Å². The van der Waals surface area contributed by atoms with Gasteiger partial charge in [-0.1, -0.05) is 0 Å². The van der Waals surface area contributed by atoms with Crippen molar-refractivity contribution in [1.29, 1.82) is 0 Å².